The number of hydrogen-bond donors (Lipinski definition) is 2. The molecule has 0 spiro atoms. The smallest absolute Gasteiger partial charge is 0.240 e. The van der Waals surface area contributed by atoms with Crippen LogP contribution in [-0.4, -0.2) is 42.4 Å². The zero-order valence-electron chi connectivity index (χ0n) is 11.5. The van der Waals surface area contributed by atoms with Crippen LogP contribution in [0.25, 0.3) is 0 Å². The molecule has 0 aliphatic carbocycles. The van der Waals surface area contributed by atoms with Gasteiger partial charge in [-0.2, -0.15) is 0 Å². The van der Waals surface area contributed by atoms with E-state index in [9.17, 15) is 9.59 Å². The van der Waals surface area contributed by atoms with E-state index in [1.54, 1.807) is 0 Å². The Morgan fingerprint density at radius 2 is 2.00 bits per heavy atom. The molecule has 1 aromatic carbocycles. The van der Waals surface area contributed by atoms with Crippen LogP contribution in [0.1, 0.15) is 18.4 Å². The molecule has 1 aliphatic rings. The number of benzene rings is 1. The van der Waals surface area contributed by atoms with Gasteiger partial charge >= 0.3 is 0 Å². The number of nitrogens with two attached hydrogens (primary N) is 1. The first kappa shape index (κ1) is 14.7. The van der Waals surface area contributed by atoms with Gasteiger partial charge in [-0.1, -0.05) is 30.3 Å². The van der Waals surface area contributed by atoms with Crippen LogP contribution in [0.4, 0.5) is 0 Å². The van der Waals surface area contributed by atoms with Gasteiger partial charge in [0.1, 0.15) is 0 Å². The molecule has 1 heterocycles. The van der Waals surface area contributed by atoms with Crippen molar-refractivity contribution in [3.05, 3.63) is 35.9 Å². The van der Waals surface area contributed by atoms with E-state index in [0.717, 1.165) is 31.5 Å². The standard InChI is InChI=1S/C15H21N3O2/c16-13-7-4-8-18(10-13)11-15(20)17-14(19)9-12-5-2-1-3-6-12/h1-3,5-6,13H,4,7-11,16H2,(H,17,19,20). The van der Waals surface area contributed by atoms with E-state index >= 15 is 0 Å². The minimum atomic E-state index is -0.262. The highest BCUT2D eigenvalue weighted by Crippen LogP contribution is 2.07. The Morgan fingerprint density at radius 3 is 2.70 bits per heavy atom. The van der Waals surface area contributed by atoms with Gasteiger partial charge < -0.3 is 5.73 Å². The molecule has 2 rings (SSSR count). The number of amides is 2. The zero-order valence-corrected chi connectivity index (χ0v) is 11.5. The molecule has 0 bridgehead atoms. The monoisotopic (exact) mass is 275 g/mol. The Morgan fingerprint density at radius 1 is 1.25 bits per heavy atom. The van der Waals surface area contributed by atoms with Crippen LogP contribution in [-0.2, 0) is 16.0 Å². The average molecular weight is 275 g/mol. The normalized spacial score (nSPS) is 19.6. The first-order valence-corrected chi connectivity index (χ1v) is 6.98. The summed E-state index contributed by atoms with van der Waals surface area (Å²) in [7, 11) is 0. The van der Waals surface area contributed by atoms with Gasteiger partial charge in [-0.25, -0.2) is 0 Å². The molecule has 1 fully saturated rings. The van der Waals surface area contributed by atoms with E-state index in [1.165, 1.54) is 0 Å². The maximum absolute atomic E-state index is 11.8. The van der Waals surface area contributed by atoms with Crippen molar-refractivity contribution in [3.8, 4) is 0 Å². The summed E-state index contributed by atoms with van der Waals surface area (Å²) < 4.78 is 0. The fraction of sp³-hybridized carbons (Fsp3) is 0.467. The molecule has 0 radical (unpaired) electrons. The van der Waals surface area contributed by atoms with Crippen LogP contribution in [0.5, 0.6) is 0 Å². The number of nitrogens with zero attached hydrogens (tertiary/aromatic N) is 1. The van der Waals surface area contributed by atoms with E-state index in [1.807, 2.05) is 35.2 Å². The van der Waals surface area contributed by atoms with Crippen LogP contribution < -0.4 is 11.1 Å². The molecule has 108 valence electrons. The molecule has 1 atom stereocenters. The van der Waals surface area contributed by atoms with Crippen LogP contribution in [0, 0.1) is 0 Å². The first-order valence-electron chi connectivity index (χ1n) is 6.98. The fourth-order valence-corrected chi connectivity index (χ4v) is 2.46. The minimum Gasteiger partial charge on any atom is -0.327 e. The molecule has 1 unspecified atom stereocenters. The van der Waals surface area contributed by atoms with Crippen LogP contribution in [0.2, 0.25) is 0 Å². The SMILES string of the molecule is NC1CCCN(CC(=O)NC(=O)Cc2ccccc2)C1. The second-order valence-electron chi connectivity index (χ2n) is 5.27. The van der Waals surface area contributed by atoms with Crippen molar-refractivity contribution in [3.63, 3.8) is 0 Å². The molecule has 0 saturated carbocycles. The van der Waals surface area contributed by atoms with E-state index < -0.39 is 0 Å². The second kappa shape index (κ2) is 7.17. The summed E-state index contributed by atoms with van der Waals surface area (Å²) in [5.74, 6) is -0.512. The largest absolute Gasteiger partial charge is 0.327 e. The number of hydrogen-bond acceptors (Lipinski definition) is 4. The highest BCUT2D eigenvalue weighted by atomic mass is 16.2. The summed E-state index contributed by atoms with van der Waals surface area (Å²) in [6.07, 6.45) is 2.24. The van der Waals surface area contributed by atoms with Gasteiger partial charge in [-0.3, -0.25) is 19.8 Å². The number of carbonyl (C=O) groups excluding carboxylic acids is 2. The Hall–Kier alpha value is -1.72. The molecular weight excluding hydrogens is 254 g/mol. The number of likely N-dealkylation sites (tertiary alicyclic amines) is 1. The highest BCUT2D eigenvalue weighted by Gasteiger charge is 2.19. The lowest BCUT2D eigenvalue weighted by molar-refractivity contribution is -0.130. The van der Waals surface area contributed by atoms with Crippen molar-refractivity contribution in [2.45, 2.75) is 25.3 Å². The maximum atomic E-state index is 11.8. The third kappa shape index (κ3) is 4.75. The number of nitrogens with one attached hydrogen (secondary N) is 1. The van der Waals surface area contributed by atoms with Gasteiger partial charge in [0.2, 0.25) is 11.8 Å². The Balaban J connectivity index is 1.75. The predicted molar refractivity (Wildman–Crippen MR) is 76.9 cm³/mol. The summed E-state index contributed by atoms with van der Waals surface area (Å²) in [5, 5.41) is 2.43. The third-order valence-corrected chi connectivity index (χ3v) is 3.40. The van der Waals surface area contributed by atoms with Crippen molar-refractivity contribution in [2.75, 3.05) is 19.6 Å². The van der Waals surface area contributed by atoms with Gasteiger partial charge in [0, 0.05) is 12.6 Å². The number of piperidine rings is 1. The van der Waals surface area contributed by atoms with Crippen molar-refractivity contribution in [1.29, 1.82) is 0 Å². The Kier molecular flexibility index (Phi) is 5.26. The number of carbonyl (C=O) groups is 2. The molecule has 1 saturated heterocycles. The lowest BCUT2D eigenvalue weighted by atomic mass is 10.1. The molecule has 1 aromatic rings. The zero-order chi connectivity index (χ0) is 14.4. The molecule has 5 heteroatoms. The summed E-state index contributed by atoms with van der Waals surface area (Å²) in [6.45, 7) is 1.84. The van der Waals surface area contributed by atoms with Crippen LogP contribution >= 0.6 is 0 Å². The van der Waals surface area contributed by atoms with Crippen molar-refractivity contribution in [1.82, 2.24) is 10.2 Å². The van der Waals surface area contributed by atoms with Gasteiger partial charge in [0.15, 0.2) is 0 Å². The Bertz CT molecular complexity index is 461. The van der Waals surface area contributed by atoms with Crippen molar-refractivity contribution < 1.29 is 9.59 Å². The average Bonchev–Trinajstić information content (AvgIpc) is 2.39. The second-order valence-corrected chi connectivity index (χ2v) is 5.27. The maximum Gasteiger partial charge on any atom is 0.240 e. The van der Waals surface area contributed by atoms with Crippen LogP contribution in [0.3, 0.4) is 0 Å². The third-order valence-electron chi connectivity index (χ3n) is 3.40. The summed E-state index contributed by atoms with van der Waals surface area (Å²) in [4.78, 5) is 25.6. The van der Waals surface area contributed by atoms with Crippen molar-refractivity contribution >= 4 is 11.8 Å². The topological polar surface area (TPSA) is 75.4 Å². The molecule has 0 aromatic heterocycles. The lowest BCUT2D eigenvalue weighted by Gasteiger charge is -2.29. The summed E-state index contributed by atoms with van der Waals surface area (Å²) in [6, 6.07) is 9.52. The predicted octanol–water partition coefficient (Wildman–Crippen LogP) is 0.295. The number of imide groups is 1. The molecular formula is C15H21N3O2. The van der Waals surface area contributed by atoms with E-state index in [4.69, 9.17) is 5.73 Å². The minimum absolute atomic E-state index is 0.136. The molecule has 1 aliphatic heterocycles. The van der Waals surface area contributed by atoms with Gasteiger partial charge in [-0.05, 0) is 24.9 Å². The fourth-order valence-electron chi connectivity index (χ4n) is 2.46. The van der Waals surface area contributed by atoms with E-state index in [2.05, 4.69) is 5.32 Å². The van der Waals surface area contributed by atoms with Crippen LogP contribution in [0.15, 0.2) is 30.3 Å². The first-order chi connectivity index (χ1) is 9.63. The van der Waals surface area contributed by atoms with E-state index in [-0.39, 0.29) is 30.8 Å². The van der Waals surface area contributed by atoms with Gasteiger partial charge in [-0.15, -0.1) is 0 Å². The lowest BCUT2D eigenvalue weighted by Crippen LogP contribution is -2.47. The highest BCUT2D eigenvalue weighted by molar-refractivity contribution is 5.96. The quantitative estimate of drug-likeness (QED) is 0.828. The summed E-state index contributed by atoms with van der Waals surface area (Å²) in [5.41, 5.74) is 6.76. The summed E-state index contributed by atoms with van der Waals surface area (Å²) >= 11 is 0. The Labute approximate surface area is 119 Å². The molecule has 20 heavy (non-hydrogen) atoms. The van der Waals surface area contributed by atoms with Crippen molar-refractivity contribution in [2.24, 2.45) is 5.73 Å². The number of rotatable bonds is 4. The molecule has 3 N–H and O–H groups in total. The molecule has 2 amide bonds. The van der Waals surface area contributed by atoms with E-state index in [0.29, 0.717) is 0 Å². The van der Waals surface area contributed by atoms with Gasteiger partial charge in [0.05, 0.1) is 13.0 Å². The molecule has 5 nitrogen and oxygen atoms in total. The van der Waals surface area contributed by atoms with Gasteiger partial charge in [0.25, 0.3) is 0 Å².